The number of amides is 1. The van der Waals surface area contributed by atoms with Crippen molar-refractivity contribution >= 4 is 11.9 Å². The molecule has 0 radical (unpaired) electrons. The lowest BCUT2D eigenvalue weighted by molar-refractivity contribution is -0.146. The summed E-state index contributed by atoms with van der Waals surface area (Å²) in [5, 5.41) is 8.70. The highest BCUT2D eigenvalue weighted by molar-refractivity contribution is 5.95. The minimum absolute atomic E-state index is 0.122. The van der Waals surface area contributed by atoms with Crippen LogP contribution >= 0.6 is 0 Å². The van der Waals surface area contributed by atoms with E-state index in [1.165, 1.54) is 4.90 Å². The van der Waals surface area contributed by atoms with Gasteiger partial charge in [0.1, 0.15) is 0 Å². The Morgan fingerprint density at radius 3 is 2.75 bits per heavy atom. The third-order valence-electron chi connectivity index (χ3n) is 2.66. The van der Waals surface area contributed by atoms with Crippen LogP contribution in [0.2, 0.25) is 0 Å². The first-order valence-corrected chi connectivity index (χ1v) is 5.02. The minimum atomic E-state index is -0.838. The molecule has 0 saturated carbocycles. The summed E-state index contributed by atoms with van der Waals surface area (Å²) < 4.78 is 0. The molecule has 0 atom stereocenters. The third kappa shape index (κ3) is 1.88. The molecule has 5 nitrogen and oxygen atoms in total. The summed E-state index contributed by atoms with van der Waals surface area (Å²) in [6.45, 7) is 2.41. The summed E-state index contributed by atoms with van der Waals surface area (Å²) >= 11 is 0. The second kappa shape index (κ2) is 3.92. The lowest BCUT2D eigenvalue weighted by atomic mass is 9.99. The van der Waals surface area contributed by atoms with Crippen molar-refractivity contribution in [1.29, 1.82) is 0 Å². The molecule has 0 aliphatic carbocycles. The van der Waals surface area contributed by atoms with Crippen molar-refractivity contribution in [3.63, 3.8) is 0 Å². The monoisotopic (exact) mass is 220 g/mol. The zero-order valence-electron chi connectivity index (χ0n) is 8.88. The van der Waals surface area contributed by atoms with Gasteiger partial charge in [-0.05, 0) is 19.1 Å². The number of aryl methyl sites for hydroxylation is 1. The lowest BCUT2D eigenvalue weighted by Gasteiger charge is -2.36. The maximum absolute atomic E-state index is 11.9. The van der Waals surface area contributed by atoms with Crippen molar-refractivity contribution in [2.75, 3.05) is 13.1 Å². The van der Waals surface area contributed by atoms with Crippen molar-refractivity contribution in [3.8, 4) is 0 Å². The van der Waals surface area contributed by atoms with Gasteiger partial charge in [-0.1, -0.05) is 0 Å². The summed E-state index contributed by atoms with van der Waals surface area (Å²) in [5.41, 5.74) is 1.34. The molecule has 1 aromatic heterocycles. The van der Waals surface area contributed by atoms with Crippen LogP contribution in [-0.2, 0) is 4.79 Å². The summed E-state index contributed by atoms with van der Waals surface area (Å²) in [5.74, 6) is -1.37. The molecule has 1 aliphatic heterocycles. The summed E-state index contributed by atoms with van der Waals surface area (Å²) in [4.78, 5) is 28.0. The van der Waals surface area contributed by atoms with E-state index in [0.717, 1.165) is 5.69 Å². The molecular weight excluding hydrogens is 208 g/mol. The Morgan fingerprint density at radius 2 is 2.19 bits per heavy atom. The molecule has 5 heteroatoms. The average Bonchev–Trinajstić information content (AvgIpc) is 2.14. The van der Waals surface area contributed by atoms with E-state index >= 15 is 0 Å². The number of nitrogens with zero attached hydrogens (tertiary/aromatic N) is 2. The second-order valence-corrected chi connectivity index (χ2v) is 3.93. The number of aromatic nitrogens is 1. The van der Waals surface area contributed by atoms with Gasteiger partial charge in [0, 0.05) is 30.5 Å². The molecule has 1 aliphatic rings. The maximum Gasteiger partial charge on any atom is 0.310 e. The van der Waals surface area contributed by atoms with Gasteiger partial charge in [0.15, 0.2) is 0 Å². The first-order valence-electron chi connectivity index (χ1n) is 5.02. The molecule has 84 valence electrons. The van der Waals surface area contributed by atoms with Crippen LogP contribution in [0.1, 0.15) is 16.1 Å². The van der Waals surface area contributed by atoms with Gasteiger partial charge in [-0.3, -0.25) is 14.6 Å². The molecule has 0 bridgehead atoms. The van der Waals surface area contributed by atoms with Crippen LogP contribution in [0, 0.1) is 12.8 Å². The van der Waals surface area contributed by atoms with E-state index < -0.39 is 11.9 Å². The van der Waals surface area contributed by atoms with Gasteiger partial charge in [0.05, 0.1) is 5.92 Å². The van der Waals surface area contributed by atoms with Crippen molar-refractivity contribution in [3.05, 3.63) is 29.6 Å². The average molecular weight is 220 g/mol. The van der Waals surface area contributed by atoms with Gasteiger partial charge >= 0.3 is 5.97 Å². The van der Waals surface area contributed by atoms with E-state index in [-0.39, 0.29) is 5.91 Å². The lowest BCUT2D eigenvalue weighted by Crippen LogP contribution is -2.53. The molecule has 2 heterocycles. The predicted molar refractivity (Wildman–Crippen MR) is 56.0 cm³/mol. The Hall–Kier alpha value is -1.91. The third-order valence-corrected chi connectivity index (χ3v) is 2.66. The number of hydrogen-bond donors (Lipinski definition) is 1. The first-order chi connectivity index (χ1) is 7.58. The number of pyridine rings is 1. The van der Waals surface area contributed by atoms with Crippen LogP contribution in [-0.4, -0.2) is 40.0 Å². The normalized spacial score (nSPS) is 15.7. The number of hydrogen-bond acceptors (Lipinski definition) is 3. The van der Waals surface area contributed by atoms with E-state index in [1.807, 2.05) is 6.92 Å². The second-order valence-electron chi connectivity index (χ2n) is 3.93. The van der Waals surface area contributed by atoms with E-state index in [9.17, 15) is 9.59 Å². The van der Waals surface area contributed by atoms with Crippen LogP contribution in [0.5, 0.6) is 0 Å². The van der Waals surface area contributed by atoms with Gasteiger partial charge in [0.25, 0.3) is 5.91 Å². The standard InChI is InChI=1S/C11H12N2O3/c1-7-4-8(2-3-12-7)10(14)13-5-9(6-13)11(15)16/h2-4,9H,5-6H2,1H3,(H,15,16). The molecule has 16 heavy (non-hydrogen) atoms. The molecule has 0 aromatic carbocycles. The van der Waals surface area contributed by atoms with Gasteiger partial charge in [-0.2, -0.15) is 0 Å². The summed E-state index contributed by atoms with van der Waals surface area (Å²) in [6, 6.07) is 3.35. The zero-order valence-corrected chi connectivity index (χ0v) is 8.88. The number of carboxylic acid groups (broad SMARTS) is 1. The number of carboxylic acids is 1. The fraction of sp³-hybridized carbons (Fsp3) is 0.364. The molecule has 1 N–H and O–H groups in total. The molecule has 2 rings (SSSR count). The minimum Gasteiger partial charge on any atom is -0.481 e. The molecule has 1 aromatic rings. The Balaban J connectivity index is 2.03. The van der Waals surface area contributed by atoms with Crippen molar-refractivity contribution in [2.45, 2.75) is 6.92 Å². The van der Waals surface area contributed by atoms with Crippen molar-refractivity contribution < 1.29 is 14.7 Å². The van der Waals surface area contributed by atoms with E-state index in [1.54, 1.807) is 18.3 Å². The van der Waals surface area contributed by atoms with Gasteiger partial charge in [-0.25, -0.2) is 0 Å². The fourth-order valence-electron chi connectivity index (χ4n) is 1.66. The van der Waals surface area contributed by atoms with Crippen molar-refractivity contribution in [1.82, 2.24) is 9.88 Å². The largest absolute Gasteiger partial charge is 0.481 e. The highest BCUT2D eigenvalue weighted by atomic mass is 16.4. The SMILES string of the molecule is Cc1cc(C(=O)N2CC(C(=O)O)C2)ccn1. The molecule has 1 amide bonds. The Morgan fingerprint density at radius 1 is 1.50 bits per heavy atom. The van der Waals surface area contributed by atoms with Gasteiger partial charge in [-0.15, -0.1) is 0 Å². The zero-order chi connectivity index (χ0) is 11.7. The van der Waals surface area contributed by atoms with Crippen LogP contribution in [0.3, 0.4) is 0 Å². The number of likely N-dealkylation sites (tertiary alicyclic amines) is 1. The Bertz CT molecular complexity index is 439. The quantitative estimate of drug-likeness (QED) is 0.790. The molecule has 1 fully saturated rings. The van der Waals surface area contributed by atoms with Gasteiger partial charge < -0.3 is 10.0 Å². The van der Waals surface area contributed by atoms with Crippen LogP contribution in [0.25, 0.3) is 0 Å². The Labute approximate surface area is 92.7 Å². The molecule has 0 unspecified atom stereocenters. The number of carbonyl (C=O) groups is 2. The van der Waals surface area contributed by atoms with Crippen LogP contribution in [0.4, 0.5) is 0 Å². The predicted octanol–water partition coefficient (Wildman–Crippen LogP) is 0.547. The Kier molecular flexibility index (Phi) is 2.60. The molecule has 1 saturated heterocycles. The van der Waals surface area contributed by atoms with E-state index in [0.29, 0.717) is 18.7 Å². The smallest absolute Gasteiger partial charge is 0.310 e. The highest BCUT2D eigenvalue weighted by Crippen LogP contribution is 2.18. The summed E-state index contributed by atoms with van der Waals surface area (Å²) in [6.07, 6.45) is 1.58. The highest BCUT2D eigenvalue weighted by Gasteiger charge is 2.35. The molecular formula is C11H12N2O3. The van der Waals surface area contributed by atoms with E-state index in [2.05, 4.69) is 4.98 Å². The number of carbonyl (C=O) groups excluding carboxylic acids is 1. The van der Waals surface area contributed by atoms with E-state index in [4.69, 9.17) is 5.11 Å². The van der Waals surface area contributed by atoms with Crippen LogP contribution < -0.4 is 0 Å². The number of aliphatic carboxylic acids is 1. The van der Waals surface area contributed by atoms with Gasteiger partial charge in [0.2, 0.25) is 0 Å². The van der Waals surface area contributed by atoms with Crippen LogP contribution in [0.15, 0.2) is 18.3 Å². The molecule has 0 spiro atoms. The van der Waals surface area contributed by atoms with Crippen molar-refractivity contribution in [2.24, 2.45) is 5.92 Å². The topological polar surface area (TPSA) is 70.5 Å². The fourth-order valence-corrected chi connectivity index (χ4v) is 1.66. The number of rotatable bonds is 2. The maximum atomic E-state index is 11.9. The first kappa shape index (κ1) is 10.6. The summed E-state index contributed by atoms with van der Waals surface area (Å²) in [7, 11) is 0.